The lowest BCUT2D eigenvalue weighted by molar-refractivity contribution is 0.0933. The van der Waals surface area contributed by atoms with Gasteiger partial charge in [-0.2, -0.15) is 11.8 Å². The number of carbonyl (C=O) groups excluding carboxylic acids is 1. The molecule has 1 aromatic rings. The number of hydrogen-bond acceptors (Lipinski definition) is 5. The van der Waals surface area contributed by atoms with Gasteiger partial charge in [0.25, 0.3) is 5.91 Å². The fraction of sp³-hybridized carbons (Fsp3) is 0.667. The Morgan fingerprint density at radius 3 is 3.00 bits per heavy atom. The zero-order valence-corrected chi connectivity index (χ0v) is 12.3. The molecule has 18 heavy (non-hydrogen) atoms. The van der Waals surface area contributed by atoms with E-state index in [1.807, 2.05) is 18.7 Å². The van der Waals surface area contributed by atoms with Crippen molar-refractivity contribution in [1.82, 2.24) is 10.3 Å². The Hall–Kier alpha value is -0.590. The molecule has 3 atom stereocenters. The maximum absolute atomic E-state index is 12.0. The van der Waals surface area contributed by atoms with E-state index in [2.05, 4.69) is 16.6 Å². The fourth-order valence-corrected chi connectivity index (χ4v) is 3.70. The molecule has 100 valence electrons. The van der Waals surface area contributed by atoms with Crippen LogP contribution in [-0.4, -0.2) is 28.4 Å². The van der Waals surface area contributed by atoms with E-state index >= 15 is 0 Å². The summed E-state index contributed by atoms with van der Waals surface area (Å²) in [6.45, 7) is 1.88. The predicted molar refractivity (Wildman–Crippen MR) is 77.1 cm³/mol. The number of nitrogens with two attached hydrogens (primary N) is 1. The molecule has 1 aliphatic rings. The number of carbonyl (C=O) groups is 1. The third-order valence-corrected chi connectivity index (χ3v) is 5.34. The van der Waals surface area contributed by atoms with Crippen molar-refractivity contribution in [3.8, 4) is 0 Å². The zero-order chi connectivity index (χ0) is 13.1. The molecule has 0 spiro atoms. The second-order valence-corrected chi connectivity index (χ2v) is 6.73. The topological polar surface area (TPSA) is 68.0 Å². The summed E-state index contributed by atoms with van der Waals surface area (Å²) in [7, 11) is 0. The van der Waals surface area contributed by atoms with E-state index < -0.39 is 0 Å². The van der Waals surface area contributed by atoms with E-state index in [1.54, 1.807) is 5.38 Å². The van der Waals surface area contributed by atoms with E-state index in [9.17, 15) is 4.79 Å². The summed E-state index contributed by atoms with van der Waals surface area (Å²) in [6, 6.07) is 0.194. The summed E-state index contributed by atoms with van der Waals surface area (Å²) >= 11 is 3.33. The molecule has 0 radical (unpaired) electrons. The van der Waals surface area contributed by atoms with Gasteiger partial charge in [-0.25, -0.2) is 4.98 Å². The van der Waals surface area contributed by atoms with Gasteiger partial charge in [0.1, 0.15) is 10.7 Å². The van der Waals surface area contributed by atoms with Crippen LogP contribution in [0.25, 0.3) is 0 Å². The van der Waals surface area contributed by atoms with E-state index in [0.29, 0.717) is 17.0 Å². The quantitative estimate of drug-likeness (QED) is 0.889. The second-order valence-electron chi connectivity index (χ2n) is 4.70. The summed E-state index contributed by atoms with van der Waals surface area (Å²) in [5, 5.41) is 6.35. The Bertz CT molecular complexity index is 419. The average molecular weight is 285 g/mol. The lowest BCUT2D eigenvalue weighted by atomic mass is 10.2. The molecular weight excluding hydrogens is 266 g/mol. The normalized spacial score (nSPS) is 25.1. The van der Waals surface area contributed by atoms with Gasteiger partial charge in [0.05, 0.1) is 6.04 Å². The standard InChI is InChI=1S/C12H19N3OS2/c1-7(13)12-15-10(6-18-12)11(16)14-8-3-4-9(5-8)17-2/h6-9H,3-5,13H2,1-2H3,(H,14,16). The minimum Gasteiger partial charge on any atom is -0.348 e. The largest absolute Gasteiger partial charge is 0.348 e. The number of aromatic nitrogens is 1. The fourth-order valence-electron chi connectivity index (χ4n) is 2.15. The van der Waals surface area contributed by atoms with E-state index in [1.165, 1.54) is 17.8 Å². The minimum absolute atomic E-state index is 0.0649. The van der Waals surface area contributed by atoms with Crippen LogP contribution in [0, 0.1) is 0 Å². The van der Waals surface area contributed by atoms with Gasteiger partial charge in [-0.15, -0.1) is 11.3 Å². The molecule has 3 unspecified atom stereocenters. The predicted octanol–water partition coefficient (Wildman–Crippen LogP) is 2.18. The van der Waals surface area contributed by atoms with E-state index in [0.717, 1.165) is 17.8 Å². The molecule has 0 saturated heterocycles. The van der Waals surface area contributed by atoms with Gasteiger partial charge in [-0.3, -0.25) is 4.79 Å². The van der Waals surface area contributed by atoms with E-state index in [-0.39, 0.29) is 11.9 Å². The molecule has 6 heteroatoms. The molecule has 4 nitrogen and oxygen atoms in total. The first-order chi connectivity index (χ1) is 8.60. The highest BCUT2D eigenvalue weighted by molar-refractivity contribution is 7.99. The van der Waals surface area contributed by atoms with Crippen molar-refractivity contribution < 1.29 is 4.79 Å². The third kappa shape index (κ3) is 3.24. The summed E-state index contributed by atoms with van der Waals surface area (Å²) in [5.41, 5.74) is 6.24. The number of thiazole rings is 1. The molecule has 1 saturated carbocycles. The molecule has 0 aromatic carbocycles. The van der Waals surface area contributed by atoms with Crippen LogP contribution in [0.1, 0.15) is 47.7 Å². The smallest absolute Gasteiger partial charge is 0.270 e. The van der Waals surface area contributed by atoms with Gasteiger partial charge in [-0.1, -0.05) is 0 Å². The number of hydrogen-bond donors (Lipinski definition) is 2. The minimum atomic E-state index is -0.107. The van der Waals surface area contributed by atoms with Crippen molar-refractivity contribution in [1.29, 1.82) is 0 Å². The Morgan fingerprint density at radius 1 is 1.67 bits per heavy atom. The molecule has 1 heterocycles. The Labute approximate surface area is 116 Å². The molecule has 0 aliphatic heterocycles. The third-order valence-electron chi connectivity index (χ3n) is 3.20. The average Bonchev–Trinajstić information content (AvgIpc) is 2.97. The van der Waals surface area contributed by atoms with E-state index in [4.69, 9.17) is 5.73 Å². The SMILES string of the molecule is CSC1CCC(NC(=O)c2csc(C(C)N)n2)C1. The summed E-state index contributed by atoms with van der Waals surface area (Å²) in [6.07, 6.45) is 5.46. The number of nitrogens with zero attached hydrogens (tertiary/aromatic N) is 1. The van der Waals surface area contributed by atoms with Gasteiger partial charge < -0.3 is 11.1 Å². The molecule has 1 fully saturated rings. The molecule has 1 aliphatic carbocycles. The summed E-state index contributed by atoms with van der Waals surface area (Å²) < 4.78 is 0. The maximum atomic E-state index is 12.0. The molecule has 3 N–H and O–H groups in total. The molecule has 2 rings (SSSR count). The van der Waals surface area contributed by atoms with Crippen molar-refractivity contribution in [3.05, 3.63) is 16.1 Å². The summed E-state index contributed by atoms with van der Waals surface area (Å²) in [5.74, 6) is -0.0649. The van der Waals surface area contributed by atoms with Crippen LogP contribution in [0.3, 0.4) is 0 Å². The molecule has 1 aromatic heterocycles. The molecular formula is C12H19N3OS2. The van der Waals surface area contributed by atoms with Gasteiger partial charge in [0.2, 0.25) is 0 Å². The zero-order valence-electron chi connectivity index (χ0n) is 10.7. The van der Waals surface area contributed by atoms with Crippen molar-refractivity contribution in [2.45, 2.75) is 43.5 Å². The van der Waals surface area contributed by atoms with Crippen LogP contribution in [-0.2, 0) is 0 Å². The number of amides is 1. The molecule has 0 bridgehead atoms. The highest BCUT2D eigenvalue weighted by Crippen LogP contribution is 2.28. The van der Waals surface area contributed by atoms with Gasteiger partial charge in [0, 0.05) is 16.7 Å². The van der Waals surface area contributed by atoms with Crippen molar-refractivity contribution in [2.75, 3.05) is 6.26 Å². The van der Waals surface area contributed by atoms with Crippen molar-refractivity contribution in [2.24, 2.45) is 5.73 Å². The highest BCUT2D eigenvalue weighted by atomic mass is 32.2. The van der Waals surface area contributed by atoms with Crippen LogP contribution in [0.2, 0.25) is 0 Å². The Morgan fingerprint density at radius 2 is 2.44 bits per heavy atom. The van der Waals surface area contributed by atoms with Crippen molar-refractivity contribution >= 4 is 29.0 Å². The van der Waals surface area contributed by atoms with Gasteiger partial charge >= 0.3 is 0 Å². The maximum Gasteiger partial charge on any atom is 0.270 e. The van der Waals surface area contributed by atoms with Crippen LogP contribution in [0.15, 0.2) is 5.38 Å². The van der Waals surface area contributed by atoms with Gasteiger partial charge in [-0.05, 0) is 32.4 Å². The molecule has 1 amide bonds. The number of rotatable bonds is 4. The monoisotopic (exact) mass is 285 g/mol. The lowest BCUT2D eigenvalue weighted by Crippen LogP contribution is -2.33. The van der Waals surface area contributed by atoms with Crippen LogP contribution >= 0.6 is 23.1 Å². The number of nitrogens with one attached hydrogen (secondary N) is 1. The summed E-state index contributed by atoms with van der Waals surface area (Å²) in [4.78, 5) is 16.3. The first kappa shape index (κ1) is 13.8. The van der Waals surface area contributed by atoms with Gasteiger partial charge in [0.15, 0.2) is 0 Å². The highest BCUT2D eigenvalue weighted by Gasteiger charge is 2.26. The lowest BCUT2D eigenvalue weighted by Gasteiger charge is -2.11. The second kappa shape index (κ2) is 6.04. The first-order valence-corrected chi connectivity index (χ1v) is 8.31. The first-order valence-electron chi connectivity index (χ1n) is 6.14. The number of thioether (sulfide) groups is 1. The van der Waals surface area contributed by atoms with Crippen LogP contribution < -0.4 is 11.1 Å². The van der Waals surface area contributed by atoms with Crippen molar-refractivity contribution in [3.63, 3.8) is 0 Å². The van der Waals surface area contributed by atoms with Crippen LogP contribution in [0.5, 0.6) is 0 Å². The Balaban J connectivity index is 1.91. The Kier molecular flexibility index (Phi) is 4.64. The van der Waals surface area contributed by atoms with Crippen LogP contribution in [0.4, 0.5) is 0 Å².